The monoisotopic (exact) mass is 361 g/mol. The van der Waals surface area contributed by atoms with E-state index >= 15 is 0 Å². The normalized spacial score (nSPS) is 11.2. The molecule has 0 spiro atoms. The molecule has 7 nitrogen and oxygen atoms in total. The van der Waals surface area contributed by atoms with E-state index < -0.39 is 14.9 Å². The van der Waals surface area contributed by atoms with Gasteiger partial charge in [-0.2, -0.15) is 0 Å². The van der Waals surface area contributed by atoms with Gasteiger partial charge in [0.2, 0.25) is 0 Å². The van der Waals surface area contributed by atoms with E-state index in [1.807, 2.05) is 6.07 Å². The fourth-order valence-corrected chi connectivity index (χ4v) is 3.45. The highest BCUT2D eigenvalue weighted by Crippen LogP contribution is 2.22. The predicted octanol–water partition coefficient (Wildman–Crippen LogP) is 2.97. The molecule has 132 valence electrons. The molecule has 0 aliphatic carbocycles. The van der Waals surface area contributed by atoms with Crippen molar-refractivity contribution in [1.82, 2.24) is 10.3 Å². The van der Waals surface area contributed by atoms with Crippen molar-refractivity contribution in [3.05, 3.63) is 75.3 Å². The van der Waals surface area contributed by atoms with Gasteiger partial charge in [-0.25, -0.2) is 8.42 Å². The van der Waals surface area contributed by atoms with Crippen molar-refractivity contribution in [2.45, 2.75) is 25.7 Å². The lowest BCUT2D eigenvalue weighted by Gasteiger charge is -2.14. The molecule has 2 rings (SSSR count). The number of hydrogen-bond acceptors (Lipinski definition) is 5. The van der Waals surface area contributed by atoms with Crippen molar-refractivity contribution >= 4 is 21.4 Å². The zero-order chi connectivity index (χ0) is 18.8. The Kier molecular flexibility index (Phi) is 5.24. The van der Waals surface area contributed by atoms with Crippen LogP contribution in [0.3, 0.4) is 0 Å². The minimum Gasteiger partial charge on any atom is -0.308 e. The van der Waals surface area contributed by atoms with E-state index in [4.69, 9.17) is 0 Å². The van der Waals surface area contributed by atoms with Gasteiger partial charge < -0.3 is 5.43 Å². The van der Waals surface area contributed by atoms with Crippen LogP contribution >= 0.6 is 0 Å². The van der Waals surface area contributed by atoms with Gasteiger partial charge in [0.25, 0.3) is 15.7 Å². The molecule has 0 aromatic heterocycles. The number of hydrazine groups is 1. The van der Waals surface area contributed by atoms with E-state index in [0.717, 1.165) is 5.56 Å². The van der Waals surface area contributed by atoms with Gasteiger partial charge in [-0.05, 0) is 38.0 Å². The fourth-order valence-electron chi connectivity index (χ4n) is 2.25. The van der Waals surface area contributed by atoms with Gasteiger partial charge in [0.15, 0.2) is 0 Å². The highest BCUT2D eigenvalue weighted by Gasteiger charge is 2.18. The first-order valence-corrected chi connectivity index (χ1v) is 8.89. The van der Waals surface area contributed by atoms with Crippen LogP contribution in [0.25, 0.3) is 5.70 Å². The number of nitro benzene ring substituents is 1. The molecule has 2 aromatic carbocycles. The number of nitrogens with one attached hydrogen (secondary N) is 2. The van der Waals surface area contributed by atoms with Crippen molar-refractivity contribution < 1.29 is 13.3 Å². The zero-order valence-corrected chi connectivity index (χ0v) is 15.0. The topological polar surface area (TPSA) is 101 Å². The van der Waals surface area contributed by atoms with E-state index in [0.29, 0.717) is 16.7 Å². The fraction of sp³-hybridized carbons (Fsp3) is 0.176. The second-order valence-electron chi connectivity index (χ2n) is 5.74. The summed E-state index contributed by atoms with van der Waals surface area (Å²) in [6, 6.07) is 9.67. The number of aryl methyl sites for hydroxylation is 3. The smallest absolute Gasteiger partial charge is 0.272 e. The first-order chi connectivity index (χ1) is 11.6. The molecule has 0 bridgehead atoms. The minimum atomic E-state index is -3.81. The lowest BCUT2D eigenvalue weighted by Crippen LogP contribution is -2.36. The number of nitro groups is 1. The summed E-state index contributed by atoms with van der Waals surface area (Å²) in [4.78, 5) is 12.9. The van der Waals surface area contributed by atoms with Crippen molar-refractivity contribution in [2.24, 2.45) is 0 Å². The van der Waals surface area contributed by atoms with E-state index in [2.05, 4.69) is 16.8 Å². The lowest BCUT2D eigenvalue weighted by molar-refractivity contribution is -0.385. The van der Waals surface area contributed by atoms with E-state index in [1.54, 1.807) is 45.0 Å². The highest BCUT2D eigenvalue weighted by atomic mass is 32.2. The quantitative estimate of drug-likeness (QED) is 0.608. The first-order valence-electron chi connectivity index (χ1n) is 7.41. The molecule has 0 radical (unpaired) electrons. The molecule has 2 N–H and O–H groups in total. The summed E-state index contributed by atoms with van der Waals surface area (Å²) in [6.45, 7) is 8.86. The van der Waals surface area contributed by atoms with Gasteiger partial charge in [0.1, 0.15) is 0 Å². The predicted molar refractivity (Wildman–Crippen MR) is 96.2 cm³/mol. The summed E-state index contributed by atoms with van der Waals surface area (Å²) in [5, 5.41) is 11.0. The van der Waals surface area contributed by atoms with Crippen LogP contribution in [0.4, 0.5) is 5.69 Å². The van der Waals surface area contributed by atoms with Gasteiger partial charge in [-0.3, -0.25) is 10.1 Å². The Hall–Kier alpha value is -2.71. The third-order valence-corrected chi connectivity index (χ3v) is 5.11. The van der Waals surface area contributed by atoms with Gasteiger partial charge in [0, 0.05) is 17.2 Å². The molecular formula is C17H19N3O4S. The van der Waals surface area contributed by atoms with Crippen LogP contribution in [0.2, 0.25) is 0 Å². The molecule has 0 amide bonds. The molecule has 0 aliphatic rings. The van der Waals surface area contributed by atoms with Gasteiger partial charge in [-0.15, -0.1) is 4.83 Å². The Balaban J connectivity index is 2.20. The third-order valence-electron chi connectivity index (χ3n) is 3.72. The molecule has 0 aliphatic heterocycles. The van der Waals surface area contributed by atoms with Crippen molar-refractivity contribution in [3.8, 4) is 0 Å². The molecule has 2 aromatic rings. The first kappa shape index (κ1) is 18.6. The van der Waals surface area contributed by atoms with Crippen LogP contribution in [0, 0.1) is 30.9 Å². The van der Waals surface area contributed by atoms with Crippen LogP contribution in [0.15, 0.2) is 47.9 Å². The molecule has 0 saturated heterocycles. The van der Waals surface area contributed by atoms with Gasteiger partial charge in [0.05, 0.1) is 15.5 Å². The Bertz CT molecular complexity index is 952. The van der Waals surface area contributed by atoms with Crippen LogP contribution in [-0.2, 0) is 10.0 Å². The van der Waals surface area contributed by atoms with Crippen molar-refractivity contribution in [2.75, 3.05) is 0 Å². The Morgan fingerprint density at radius 2 is 1.72 bits per heavy atom. The standard InChI is InChI=1S/C17H19N3O4S/c1-11-5-6-13(3)17(9-11)25(23,24)19-18-14(4)15-8-7-12(2)16(10-15)20(21)22/h5-10,18-19H,4H2,1-3H3. The number of rotatable bonds is 6. The Labute approximate surface area is 146 Å². The molecule has 0 saturated carbocycles. The zero-order valence-electron chi connectivity index (χ0n) is 14.2. The maximum absolute atomic E-state index is 12.4. The molecule has 8 heteroatoms. The molecule has 0 fully saturated rings. The van der Waals surface area contributed by atoms with Gasteiger partial charge in [-0.1, -0.05) is 30.8 Å². The summed E-state index contributed by atoms with van der Waals surface area (Å²) in [5.74, 6) is 0. The van der Waals surface area contributed by atoms with Crippen LogP contribution in [0.1, 0.15) is 22.3 Å². The summed E-state index contributed by atoms with van der Waals surface area (Å²) in [7, 11) is -3.81. The second kappa shape index (κ2) is 7.04. The molecule has 0 heterocycles. The van der Waals surface area contributed by atoms with Crippen molar-refractivity contribution in [3.63, 3.8) is 0 Å². The summed E-state index contributed by atoms with van der Waals surface area (Å²) >= 11 is 0. The largest absolute Gasteiger partial charge is 0.308 e. The molecule has 0 atom stereocenters. The van der Waals surface area contributed by atoms with Crippen LogP contribution in [0.5, 0.6) is 0 Å². The SMILES string of the molecule is C=C(NNS(=O)(=O)c1cc(C)ccc1C)c1ccc(C)c([N+](=O)[O-])c1. The number of benzene rings is 2. The van der Waals surface area contributed by atoms with E-state index in [9.17, 15) is 18.5 Å². The van der Waals surface area contributed by atoms with E-state index in [1.165, 1.54) is 6.07 Å². The highest BCUT2D eigenvalue weighted by molar-refractivity contribution is 7.89. The van der Waals surface area contributed by atoms with Crippen LogP contribution in [-0.4, -0.2) is 13.3 Å². The summed E-state index contributed by atoms with van der Waals surface area (Å²) < 4.78 is 24.9. The Morgan fingerprint density at radius 1 is 1.08 bits per heavy atom. The van der Waals surface area contributed by atoms with E-state index in [-0.39, 0.29) is 16.3 Å². The van der Waals surface area contributed by atoms with Crippen molar-refractivity contribution in [1.29, 1.82) is 0 Å². The lowest BCUT2D eigenvalue weighted by atomic mass is 10.1. The number of nitrogens with zero attached hydrogens (tertiary/aromatic N) is 1. The Morgan fingerprint density at radius 3 is 2.36 bits per heavy atom. The summed E-state index contributed by atoms with van der Waals surface area (Å²) in [5.41, 5.74) is 5.02. The summed E-state index contributed by atoms with van der Waals surface area (Å²) in [6.07, 6.45) is 0. The number of hydrogen-bond donors (Lipinski definition) is 2. The second-order valence-corrected chi connectivity index (χ2v) is 7.39. The van der Waals surface area contributed by atoms with Crippen LogP contribution < -0.4 is 10.3 Å². The average Bonchev–Trinajstić information content (AvgIpc) is 2.55. The molecular weight excluding hydrogens is 342 g/mol. The maximum Gasteiger partial charge on any atom is 0.272 e. The maximum atomic E-state index is 12.4. The third kappa shape index (κ3) is 4.23. The van der Waals surface area contributed by atoms with Gasteiger partial charge >= 0.3 is 0 Å². The molecule has 25 heavy (non-hydrogen) atoms. The molecule has 0 unspecified atom stereocenters. The average molecular weight is 361 g/mol. The number of sulfonamides is 1. The minimum absolute atomic E-state index is 0.0576.